The minimum absolute atomic E-state index is 0.359. The fourth-order valence-corrected chi connectivity index (χ4v) is 2.08. The molecule has 0 N–H and O–H groups in total. The number of unbranched alkanes of at least 4 members (excludes halogenated alkanes) is 6. The van der Waals surface area contributed by atoms with Crippen LogP contribution in [0.15, 0.2) is 0 Å². The normalized spacial score (nSPS) is 12.4. The van der Waals surface area contributed by atoms with Gasteiger partial charge in [-0.25, -0.2) is 0 Å². The summed E-state index contributed by atoms with van der Waals surface area (Å²) in [5, 5.41) is 0.778. The smallest absolute Gasteiger partial charge is 0.159 e. The van der Waals surface area contributed by atoms with Crippen LogP contribution < -0.4 is 0 Å². The van der Waals surface area contributed by atoms with Crippen LogP contribution in [-0.4, -0.2) is 11.2 Å². The Morgan fingerprint density at radius 3 is 2.06 bits per heavy atom. The lowest BCUT2D eigenvalue weighted by Crippen LogP contribution is -2.15. The van der Waals surface area contributed by atoms with E-state index in [0.717, 1.165) is 17.9 Å². The van der Waals surface area contributed by atoms with Crippen molar-refractivity contribution in [3.8, 4) is 0 Å². The summed E-state index contributed by atoms with van der Waals surface area (Å²) in [7, 11) is 0. The molecular formula is C15H30OS. The Kier molecular flexibility index (Phi) is 12.3. The largest absolute Gasteiger partial charge is 0.484 e. The molecule has 0 amide bonds. The SMILES string of the molecule is CCCCCCCCCC(CC)OC(=S)CC. The van der Waals surface area contributed by atoms with E-state index in [1.165, 1.54) is 51.4 Å². The van der Waals surface area contributed by atoms with Crippen LogP contribution in [0, 0.1) is 0 Å². The quantitative estimate of drug-likeness (QED) is 0.349. The first-order valence-electron chi connectivity index (χ1n) is 7.44. The molecule has 102 valence electrons. The molecule has 0 saturated heterocycles. The van der Waals surface area contributed by atoms with Crippen LogP contribution in [0.2, 0.25) is 0 Å². The summed E-state index contributed by atoms with van der Waals surface area (Å²) in [5.74, 6) is 0. The van der Waals surface area contributed by atoms with Gasteiger partial charge in [0.25, 0.3) is 0 Å². The highest BCUT2D eigenvalue weighted by atomic mass is 32.1. The predicted molar refractivity (Wildman–Crippen MR) is 80.7 cm³/mol. The van der Waals surface area contributed by atoms with E-state index < -0.39 is 0 Å². The van der Waals surface area contributed by atoms with E-state index in [1.807, 2.05) is 0 Å². The monoisotopic (exact) mass is 258 g/mol. The zero-order valence-electron chi connectivity index (χ0n) is 12.0. The van der Waals surface area contributed by atoms with Crippen molar-refractivity contribution in [2.45, 2.75) is 91.1 Å². The van der Waals surface area contributed by atoms with Crippen LogP contribution in [0.3, 0.4) is 0 Å². The lowest BCUT2D eigenvalue weighted by Gasteiger charge is -2.17. The molecule has 1 nitrogen and oxygen atoms in total. The van der Waals surface area contributed by atoms with Crippen LogP contribution >= 0.6 is 12.2 Å². The second-order valence-electron chi connectivity index (χ2n) is 4.78. The minimum atomic E-state index is 0.359. The molecule has 17 heavy (non-hydrogen) atoms. The highest BCUT2D eigenvalue weighted by molar-refractivity contribution is 7.80. The maximum Gasteiger partial charge on any atom is 0.159 e. The third kappa shape index (κ3) is 10.7. The predicted octanol–water partition coefficient (Wildman–Crippen LogP) is 5.66. The van der Waals surface area contributed by atoms with Gasteiger partial charge in [-0.2, -0.15) is 0 Å². The topological polar surface area (TPSA) is 9.23 Å². The van der Waals surface area contributed by atoms with Crippen LogP contribution in [0.5, 0.6) is 0 Å². The van der Waals surface area contributed by atoms with Gasteiger partial charge in [-0.05, 0) is 31.5 Å². The van der Waals surface area contributed by atoms with Gasteiger partial charge in [0.2, 0.25) is 0 Å². The summed E-state index contributed by atoms with van der Waals surface area (Å²) in [5.41, 5.74) is 0. The van der Waals surface area contributed by atoms with Crippen molar-refractivity contribution in [2.75, 3.05) is 0 Å². The highest BCUT2D eigenvalue weighted by Gasteiger charge is 2.08. The lowest BCUT2D eigenvalue weighted by molar-refractivity contribution is 0.170. The molecule has 0 bridgehead atoms. The second-order valence-corrected chi connectivity index (χ2v) is 5.24. The first kappa shape index (κ1) is 16.9. The third-order valence-corrected chi connectivity index (χ3v) is 3.56. The van der Waals surface area contributed by atoms with Crippen LogP contribution in [0.1, 0.15) is 85.0 Å². The molecule has 0 aliphatic rings. The van der Waals surface area contributed by atoms with Gasteiger partial charge < -0.3 is 4.74 Å². The Morgan fingerprint density at radius 2 is 1.53 bits per heavy atom. The van der Waals surface area contributed by atoms with Gasteiger partial charge in [0.05, 0.1) is 6.10 Å². The summed E-state index contributed by atoms with van der Waals surface area (Å²) in [4.78, 5) is 0. The number of thiocarbonyl (C=S) groups is 1. The van der Waals surface area contributed by atoms with Crippen LogP contribution in [0.25, 0.3) is 0 Å². The number of hydrogen-bond acceptors (Lipinski definition) is 2. The Morgan fingerprint density at radius 1 is 0.941 bits per heavy atom. The Hall–Kier alpha value is -0.110. The molecule has 0 heterocycles. The van der Waals surface area contributed by atoms with Crippen LogP contribution in [0.4, 0.5) is 0 Å². The van der Waals surface area contributed by atoms with Crippen molar-refractivity contribution in [1.29, 1.82) is 0 Å². The van der Waals surface area contributed by atoms with E-state index in [9.17, 15) is 0 Å². The molecule has 0 spiro atoms. The van der Waals surface area contributed by atoms with Crippen molar-refractivity contribution in [3.63, 3.8) is 0 Å². The summed E-state index contributed by atoms with van der Waals surface area (Å²) >= 11 is 5.13. The molecule has 1 unspecified atom stereocenters. The summed E-state index contributed by atoms with van der Waals surface area (Å²) in [6, 6.07) is 0. The van der Waals surface area contributed by atoms with Crippen molar-refractivity contribution in [2.24, 2.45) is 0 Å². The molecular weight excluding hydrogens is 228 g/mol. The van der Waals surface area contributed by atoms with E-state index >= 15 is 0 Å². The summed E-state index contributed by atoms with van der Waals surface area (Å²) in [6.07, 6.45) is 13.0. The summed E-state index contributed by atoms with van der Waals surface area (Å²) < 4.78 is 5.73. The molecule has 0 aromatic carbocycles. The molecule has 0 aliphatic heterocycles. The molecule has 0 fully saturated rings. The molecule has 1 atom stereocenters. The third-order valence-electron chi connectivity index (χ3n) is 3.17. The first-order chi connectivity index (χ1) is 8.24. The fourth-order valence-electron chi connectivity index (χ4n) is 1.94. The average molecular weight is 258 g/mol. The number of rotatable bonds is 11. The Labute approximate surface area is 113 Å². The van der Waals surface area contributed by atoms with Gasteiger partial charge in [-0.3, -0.25) is 0 Å². The zero-order chi connectivity index (χ0) is 12.9. The van der Waals surface area contributed by atoms with E-state index in [4.69, 9.17) is 17.0 Å². The van der Waals surface area contributed by atoms with Crippen molar-refractivity contribution >= 4 is 17.3 Å². The van der Waals surface area contributed by atoms with E-state index in [0.29, 0.717) is 6.10 Å². The second kappa shape index (κ2) is 12.3. The minimum Gasteiger partial charge on any atom is -0.484 e. The molecule has 2 heteroatoms. The zero-order valence-corrected chi connectivity index (χ0v) is 12.8. The standard InChI is InChI=1S/C15H30OS/c1-4-7-8-9-10-11-12-13-14(5-2)16-15(17)6-3/h14H,4-13H2,1-3H3. The van der Waals surface area contributed by atoms with E-state index in [-0.39, 0.29) is 0 Å². The Balaban J connectivity index is 3.40. The Bertz CT molecular complexity index is 180. The fraction of sp³-hybridized carbons (Fsp3) is 0.933. The maximum atomic E-state index is 5.73. The van der Waals surface area contributed by atoms with E-state index in [1.54, 1.807) is 0 Å². The molecule has 0 radical (unpaired) electrons. The molecule has 0 aliphatic carbocycles. The van der Waals surface area contributed by atoms with Crippen molar-refractivity contribution in [3.05, 3.63) is 0 Å². The first-order valence-corrected chi connectivity index (χ1v) is 7.84. The van der Waals surface area contributed by atoms with Crippen molar-refractivity contribution < 1.29 is 4.74 Å². The van der Waals surface area contributed by atoms with Gasteiger partial charge in [0, 0.05) is 6.42 Å². The highest BCUT2D eigenvalue weighted by Crippen LogP contribution is 2.13. The average Bonchev–Trinajstić information content (AvgIpc) is 2.35. The summed E-state index contributed by atoms with van der Waals surface area (Å²) in [6.45, 7) is 6.51. The van der Waals surface area contributed by atoms with Gasteiger partial charge in [0.15, 0.2) is 5.05 Å². The molecule has 0 saturated carbocycles. The molecule has 0 aromatic rings. The van der Waals surface area contributed by atoms with Gasteiger partial charge in [-0.1, -0.05) is 59.3 Å². The van der Waals surface area contributed by atoms with Crippen LogP contribution in [-0.2, 0) is 4.74 Å². The van der Waals surface area contributed by atoms with Gasteiger partial charge >= 0.3 is 0 Å². The number of ether oxygens (including phenoxy) is 1. The van der Waals surface area contributed by atoms with Crippen molar-refractivity contribution in [1.82, 2.24) is 0 Å². The van der Waals surface area contributed by atoms with E-state index in [2.05, 4.69) is 20.8 Å². The maximum absolute atomic E-state index is 5.73. The lowest BCUT2D eigenvalue weighted by atomic mass is 10.1. The molecule has 0 aromatic heterocycles. The number of hydrogen-bond donors (Lipinski definition) is 0. The molecule has 0 rings (SSSR count). The van der Waals surface area contributed by atoms with Gasteiger partial charge in [-0.15, -0.1) is 0 Å². The van der Waals surface area contributed by atoms with Gasteiger partial charge in [0.1, 0.15) is 0 Å².